The van der Waals surface area contributed by atoms with Gasteiger partial charge in [0.2, 0.25) is 5.91 Å². The first-order valence-corrected chi connectivity index (χ1v) is 8.29. The van der Waals surface area contributed by atoms with Crippen LogP contribution in [0.1, 0.15) is 18.4 Å². The van der Waals surface area contributed by atoms with Crippen LogP contribution < -0.4 is 10.2 Å². The highest BCUT2D eigenvalue weighted by atomic mass is 35.5. The molecule has 2 aromatic rings. The molecule has 6 nitrogen and oxygen atoms in total. The van der Waals surface area contributed by atoms with Crippen molar-refractivity contribution in [3.05, 3.63) is 47.1 Å². The van der Waals surface area contributed by atoms with E-state index in [1.165, 1.54) is 0 Å². The summed E-state index contributed by atoms with van der Waals surface area (Å²) in [5.74, 6) is 1.11. The molecule has 0 aliphatic carbocycles. The lowest BCUT2D eigenvalue weighted by atomic mass is 9.96. The summed E-state index contributed by atoms with van der Waals surface area (Å²) < 4.78 is 0. The van der Waals surface area contributed by atoms with Crippen LogP contribution in [-0.2, 0) is 11.3 Å². The molecular formula is C17H19ClN4O2. The maximum absolute atomic E-state index is 12.3. The molecule has 0 radical (unpaired) electrons. The summed E-state index contributed by atoms with van der Waals surface area (Å²) >= 11 is 5.75. The standard InChI is InChI=1S/C17H19ClN4O2/c18-15-5-6-16(21-20-15)22-9-7-13(8-10-22)17(24)19-11-12-1-3-14(23)4-2-12/h1-6,13,23H,7-11H2,(H,19,24). The average Bonchev–Trinajstić information content (AvgIpc) is 2.62. The molecule has 1 aromatic heterocycles. The van der Waals surface area contributed by atoms with Crippen LogP contribution in [0.3, 0.4) is 0 Å². The average molecular weight is 347 g/mol. The van der Waals surface area contributed by atoms with Crippen LogP contribution >= 0.6 is 11.6 Å². The number of phenolic OH excluding ortho intramolecular Hbond substituents is 1. The van der Waals surface area contributed by atoms with E-state index in [-0.39, 0.29) is 17.6 Å². The lowest BCUT2D eigenvalue weighted by Crippen LogP contribution is -2.40. The molecule has 126 valence electrons. The second-order valence-corrected chi connectivity index (χ2v) is 6.25. The largest absolute Gasteiger partial charge is 0.508 e. The van der Waals surface area contributed by atoms with Crippen LogP contribution in [0.2, 0.25) is 5.15 Å². The number of carbonyl (C=O) groups is 1. The number of carbonyl (C=O) groups excluding carboxylic acids is 1. The van der Waals surface area contributed by atoms with E-state index >= 15 is 0 Å². The van der Waals surface area contributed by atoms with Crippen molar-refractivity contribution < 1.29 is 9.90 Å². The number of hydrogen-bond donors (Lipinski definition) is 2. The van der Waals surface area contributed by atoms with E-state index in [9.17, 15) is 9.90 Å². The predicted octanol–water partition coefficient (Wildman–Crippen LogP) is 2.37. The number of rotatable bonds is 4. The number of nitrogens with zero attached hydrogens (tertiary/aromatic N) is 3. The smallest absolute Gasteiger partial charge is 0.223 e. The summed E-state index contributed by atoms with van der Waals surface area (Å²) in [7, 11) is 0. The first-order chi connectivity index (χ1) is 11.6. The van der Waals surface area contributed by atoms with Gasteiger partial charge in [-0.05, 0) is 42.7 Å². The van der Waals surface area contributed by atoms with Crippen molar-refractivity contribution in [3.63, 3.8) is 0 Å². The first-order valence-electron chi connectivity index (χ1n) is 7.91. The molecule has 1 fully saturated rings. The monoisotopic (exact) mass is 346 g/mol. The van der Waals surface area contributed by atoms with E-state index < -0.39 is 0 Å². The molecule has 0 bridgehead atoms. The summed E-state index contributed by atoms with van der Waals surface area (Å²) in [4.78, 5) is 14.4. The van der Waals surface area contributed by atoms with Crippen molar-refractivity contribution >= 4 is 23.3 Å². The van der Waals surface area contributed by atoms with E-state index in [0.29, 0.717) is 11.7 Å². The molecule has 0 saturated carbocycles. The lowest BCUT2D eigenvalue weighted by Gasteiger charge is -2.31. The number of amides is 1. The second kappa shape index (κ2) is 7.49. The van der Waals surface area contributed by atoms with Crippen LogP contribution in [0, 0.1) is 5.92 Å². The third-order valence-corrected chi connectivity index (χ3v) is 4.41. The Morgan fingerprint density at radius 1 is 1.17 bits per heavy atom. The third kappa shape index (κ3) is 4.14. The van der Waals surface area contributed by atoms with Crippen molar-refractivity contribution in [2.75, 3.05) is 18.0 Å². The summed E-state index contributed by atoms with van der Waals surface area (Å²) in [5, 5.41) is 20.5. The zero-order valence-corrected chi connectivity index (χ0v) is 13.9. The maximum Gasteiger partial charge on any atom is 0.223 e. The summed E-state index contributed by atoms with van der Waals surface area (Å²) in [5.41, 5.74) is 0.968. The molecule has 2 heterocycles. The summed E-state index contributed by atoms with van der Waals surface area (Å²) in [6.45, 7) is 2.02. The first kappa shape index (κ1) is 16.5. The van der Waals surface area contributed by atoms with Gasteiger partial charge in [-0.25, -0.2) is 0 Å². The van der Waals surface area contributed by atoms with Crippen molar-refractivity contribution in [3.8, 4) is 5.75 Å². The van der Waals surface area contributed by atoms with Gasteiger partial charge in [0, 0.05) is 25.6 Å². The topological polar surface area (TPSA) is 78.4 Å². The van der Waals surface area contributed by atoms with E-state index in [4.69, 9.17) is 11.6 Å². The summed E-state index contributed by atoms with van der Waals surface area (Å²) in [6.07, 6.45) is 1.57. The van der Waals surface area contributed by atoms with Crippen molar-refractivity contribution in [1.29, 1.82) is 0 Å². The number of halogens is 1. The fraction of sp³-hybridized carbons (Fsp3) is 0.353. The number of anilines is 1. The Bertz CT molecular complexity index is 683. The fourth-order valence-electron chi connectivity index (χ4n) is 2.80. The second-order valence-electron chi connectivity index (χ2n) is 5.86. The molecule has 1 aliphatic heterocycles. The number of nitrogens with one attached hydrogen (secondary N) is 1. The van der Waals surface area contributed by atoms with E-state index in [1.54, 1.807) is 30.3 Å². The highest BCUT2D eigenvalue weighted by Crippen LogP contribution is 2.22. The summed E-state index contributed by atoms with van der Waals surface area (Å²) in [6, 6.07) is 10.4. The Morgan fingerprint density at radius 2 is 1.88 bits per heavy atom. The van der Waals surface area contributed by atoms with E-state index in [1.807, 2.05) is 6.07 Å². The number of hydrogen-bond acceptors (Lipinski definition) is 5. The van der Waals surface area contributed by atoms with E-state index in [2.05, 4.69) is 20.4 Å². The van der Waals surface area contributed by atoms with Crippen LogP contribution in [0.5, 0.6) is 5.75 Å². The number of phenols is 1. The van der Waals surface area contributed by atoms with Crippen molar-refractivity contribution in [2.24, 2.45) is 5.92 Å². The van der Waals surface area contributed by atoms with Gasteiger partial charge in [0.1, 0.15) is 5.75 Å². The van der Waals surface area contributed by atoms with Gasteiger partial charge >= 0.3 is 0 Å². The molecule has 2 N–H and O–H groups in total. The zero-order chi connectivity index (χ0) is 16.9. The van der Waals surface area contributed by atoms with Gasteiger partial charge in [0.05, 0.1) is 0 Å². The molecule has 1 aliphatic rings. The molecule has 7 heteroatoms. The van der Waals surface area contributed by atoms with Crippen LogP contribution in [0.25, 0.3) is 0 Å². The Labute approximate surface area is 145 Å². The molecule has 1 amide bonds. The highest BCUT2D eigenvalue weighted by molar-refractivity contribution is 6.29. The maximum atomic E-state index is 12.3. The molecule has 24 heavy (non-hydrogen) atoms. The van der Waals surface area contributed by atoms with Crippen LogP contribution in [0.4, 0.5) is 5.82 Å². The van der Waals surface area contributed by atoms with Gasteiger partial charge in [0.15, 0.2) is 11.0 Å². The molecule has 0 atom stereocenters. The van der Waals surface area contributed by atoms with Crippen molar-refractivity contribution in [1.82, 2.24) is 15.5 Å². The van der Waals surface area contributed by atoms with Gasteiger partial charge in [0.25, 0.3) is 0 Å². The van der Waals surface area contributed by atoms with Gasteiger partial charge in [-0.2, -0.15) is 0 Å². The predicted molar refractivity (Wildman–Crippen MR) is 91.9 cm³/mol. The molecule has 3 rings (SSSR count). The Kier molecular flexibility index (Phi) is 5.15. The third-order valence-electron chi connectivity index (χ3n) is 4.21. The number of piperidine rings is 1. The minimum absolute atomic E-state index is 0.0126. The Hall–Kier alpha value is -2.34. The van der Waals surface area contributed by atoms with Gasteiger partial charge in [-0.1, -0.05) is 23.7 Å². The molecule has 0 spiro atoms. The number of aromatic nitrogens is 2. The normalized spacial score (nSPS) is 15.3. The lowest BCUT2D eigenvalue weighted by molar-refractivity contribution is -0.125. The SMILES string of the molecule is O=C(NCc1ccc(O)cc1)C1CCN(c2ccc(Cl)nn2)CC1. The zero-order valence-electron chi connectivity index (χ0n) is 13.2. The highest BCUT2D eigenvalue weighted by Gasteiger charge is 2.25. The van der Waals surface area contributed by atoms with E-state index in [0.717, 1.165) is 37.3 Å². The fourth-order valence-corrected chi connectivity index (χ4v) is 2.90. The molecule has 1 saturated heterocycles. The number of aromatic hydroxyl groups is 1. The Morgan fingerprint density at radius 3 is 2.50 bits per heavy atom. The van der Waals surface area contributed by atoms with Gasteiger partial charge < -0.3 is 15.3 Å². The van der Waals surface area contributed by atoms with Gasteiger partial charge in [-0.3, -0.25) is 4.79 Å². The van der Waals surface area contributed by atoms with Gasteiger partial charge in [-0.15, -0.1) is 10.2 Å². The quantitative estimate of drug-likeness (QED) is 0.888. The number of benzene rings is 1. The van der Waals surface area contributed by atoms with Crippen molar-refractivity contribution in [2.45, 2.75) is 19.4 Å². The Balaban J connectivity index is 1.48. The van der Waals surface area contributed by atoms with Crippen LogP contribution in [0.15, 0.2) is 36.4 Å². The molecule has 0 unspecified atom stereocenters. The minimum atomic E-state index is 0.0126. The van der Waals surface area contributed by atoms with Crippen LogP contribution in [-0.4, -0.2) is 34.3 Å². The molecule has 1 aromatic carbocycles. The minimum Gasteiger partial charge on any atom is -0.508 e. The molecular weight excluding hydrogens is 328 g/mol.